The topological polar surface area (TPSA) is 30.5 Å². The Hall–Kier alpha value is -1.06. The van der Waals surface area contributed by atoms with Crippen molar-refractivity contribution in [2.75, 3.05) is 26.8 Å². The van der Waals surface area contributed by atoms with Crippen LogP contribution in [0.25, 0.3) is 0 Å². The summed E-state index contributed by atoms with van der Waals surface area (Å²) in [6, 6.07) is 6.36. The van der Waals surface area contributed by atoms with Crippen molar-refractivity contribution < 1.29 is 9.47 Å². The van der Waals surface area contributed by atoms with Crippen LogP contribution >= 0.6 is 0 Å². The third-order valence-electron chi connectivity index (χ3n) is 3.12. The Bertz CT molecular complexity index is 377. The van der Waals surface area contributed by atoms with Gasteiger partial charge in [0.15, 0.2) is 0 Å². The van der Waals surface area contributed by atoms with Crippen LogP contribution in [0.2, 0.25) is 0 Å². The fraction of sp³-hybridized carbons (Fsp3) is 0.625. The number of nitrogens with one attached hydrogen (secondary N) is 1. The highest BCUT2D eigenvalue weighted by Crippen LogP contribution is 2.23. The summed E-state index contributed by atoms with van der Waals surface area (Å²) < 4.78 is 10.9. The van der Waals surface area contributed by atoms with Crippen LogP contribution in [0.1, 0.15) is 37.8 Å². The Morgan fingerprint density at radius 3 is 2.53 bits per heavy atom. The van der Waals surface area contributed by atoms with Gasteiger partial charge in [0.1, 0.15) is 11.9 Å². The number of methoxy groups -OCH3 is 1. The molecule has 0 radical (unpaired) electrons. The first-order chi connectivity index (χ1) is 9.04. The zero-order chi connectivity index (χ0) is 14.3. The summed E-state index contributed by atoms with van der Waals surface area (Å²) in [7, 11) is 1.71. The second-order valence-corrected chi connectivity index (χ2v) is 5.30. The SMILES string of the molecule is COCCNCC(C)Oc1ccc(C(C)C)c(C)c1. The van der Waals surface area contributed by atoms with Crippen LogP contribution in [0.4, 0.5) is 0 Å². The smallest absolute Gasteiger partial charge is 0.120 e. The van der Waals surface area contributed by atoms with Gasteiger partial charge in [0.25, 0.3) is 0 Å². The zero-order valence-corrected chi connectivity index (χ0v) is 12.8. The van der Waals surface area contributed by atoms with Crippen molar-refractivity contribution in [3.63, 3.8) is 0 Å². The van der Waals surface area contributed by atoms with E-state index in [9.17, 15) is 0 Å². The van der Waals surface area contributed by atoms with Gasteiger partial charge < -0.3 is 14.8 Å². The Kier molecular flexibility index (Phi) is 6.89. The van der Waals surface area contributed by atoms with Gasteiger partial charge in [-0.25, -0.2) is 0 Å². The summed E-state index contributed by atoms with van der Waals surface area (Å²) in [6.07, 6.45) is 0.154. The third-order valence-corrected chi connectivity index (χ3v) is 3.12. The molecule has 1 rings (SSSR count). The van der Waals surface area contributed by atoms with Crippen molar-refractivity contribution in [3.8, 4) is 5.75 Å². The molecule has 0 bridgehead atoms. The summed E-state index contributed by atoms with van der Waals surface area (Å²) in [6.45, 7) is 11.1. The van der Waals surface area contributed by atoms with Crippen LogP contribution in [0.3, 0.4) is 0 Å². The van der Waals surface area contributed by atoms with Crippen LogP contribution in [-0.4, -0.2) is 32.9 Å². The minimum Gasteiger partial charge on any atom is -0.489 e. The number of hydrogen-bond donors (Lipinski definition) is 1. The second-order valence-electron chi connectivity index (χ2n) is 5.30. The van der Waals surface area contributed by atoms with E-state index in [4.69, 9.17) is 9.47 Å². The molecule has 0 aliphatic carbocycles. The maximum atomic E-state index is 5.91. The van der Waals surface area contributed by atoms with Gasteiger partial charge in [-0.2, -0.15) is 0 Å². The minimum absolute atomic E-state index is 0.154. The molecule has 1 atom stereocenters. The van der Waals surface area contributed by atoms with Crippen LogP contribution in [0.5, 0.6) is 5.75 Å². The predicted octanol–water partition coefficient (Wildman–Crippen LogP) is 3.12. The molecule has 0 amide bonds. The average molecular weight is 265 g/mol. The maximum Gasteiger partial charge on any atom is 0.120 e. The third kappa shape index (κ3) is 5.62. The van der Waals surface area contributed by atoms with E-state index in [-0.39, 0.29) is 6.10 Å². The Morgan fingerprint density at radius 1 is 1.21 bits per heavy atom. The molecule has 0 heterocycles. The lowest BCUT2D eigenvalue weighted by molar-refractivity contribution is 0.184. The number of ether oxygens (including phenoxy) is 2. The molecule has 1 unspecified atom stereocenters. The highest BCUT2D eigenvalue weighted by atomic mass is 16.5. The van der Waals surface area contributed by atoms with Gasteiger partial charge in [-0.05, 0) is 43.0 Å². The summed E-state index contributed by atoms with van der Waals surface area (Å²) in [5.74, 6) is 1.50. The highest BCUT2D eigenvalue weighted by molar-refractivity contribution is 5.36. The van der Waals surface area contributed by atoms with E-state index in [1.807, 2.05) is 0 Å². The number of rotatable bonds is 8. The first-order valence-electron chi connectivity index (χ1n) is 7.01. The molecule has 0 spiro atoms. The molecule has 0 saturated heterocycles. The standard InChI is InChI=1S/C16H27NO2/c1-12(2)16-7-6-15(10-13(16)3)19-14(4)11-17-8-9-18-5/h6-7,10,12,14,17H,8-9,11H2,1-5H3. The molecule has 1 N–H and O–H groups in total. The van der Waals surface area contributed by atoms with Crippen LogP contribution in [0, 0.1) is 6.92 Å². The van der Waals surface area contributed by atoms with E-state index in [1.165, 1.54) is 11.1 Å². The molecular formula is C16H27NO2. The molecule has 108 valence electrons. The molecule has 0 aliphatic rings. The molecule has 1 aromatic rings. The fourth-order valence-corrected chi connectivity index (χ4v) is 2.12. The molecule has 1 aromatic carbocycles. The van der Waals surface area contributed by atoms with Crippen molar-refractivity contribution in [2.45, 2.75) is 39.7 Å². The monoisotopic (exact) mass is 265 g/mol. The van der Waals surface area contributed by atoms with Crippen LogP contribution < -0.4 is 10.1 Å². The molecule has 0 aliphatic heterocycles. The van der Waals surface area contributed by atoms with Crippen molar-refractivity contribution in [3.05, 3.63) is 29.3 Å². The molecular weight excluding hydrogens is 238 g/mol. The van der Waals surface area contributed by atoms with Gasteiger partial charge in [0.05, 0.1) is 6.61 Å². The first kappa shape index (κ1) is 16.0. The van der Waals surface area contributed by atoms with Crippen molar-refractivity contribution in [1.29, 1.82) is 0 Å². The Morgan fingerprint density at radius 2 is 1.95 bits per heavy atom. The quantitative estimate of drug-likeness (QED) is 0.733. The van der Waals surface area contributed by atoms with Crippen molar-refractivity contribution >= 4 is 0 Å². The molecule has 0 saturated carbocycles. The number of benzene rings is 1. The van der Waals surface area contributed by atoms with E-state index in [0.29, 0.717) is 5.92 Å². The first-order valence-corrected chi connectivity index (χ1v) is 7.01. The summed E-state index contributed by atoms with van der Waals surface area (Å²) in [5, 5.41) is 3.30. The summed E-state index contributed by atoms with van der Waals surface area (Å²) in [4.78, 5) is 0. The largest absolute Gasteiger partial charge is 0.489 e. The lowest BCUT2D eigenvalue weighted by Crippen LogP contribution is -2.31. The molecule has 3 nitrogen and oxygen atoms in total. The lowest BCUT2D eigenvalue weighted by atomic mass is 9.98. The minimum atomic E-state index is 0.154. The van der Waals surface area contributed by atoms with Crippen molar-refractivity contribution in [2.24, 2.45) is 0 Å². The Labute approximate surface area is 117 Å². The zero-order valence-electron chi connectivity index (χ0n) is 12.8. The van der Waals surface area contributed by atoms with Gasteiger partial charge in [-0.1, -0.05) is 19.9 Å². The number of aryl methyl sites for hydroxylation is 1. The summed E-state index contributed by atoms with van der Waals surface area (Å²) >= 11 is 0. The van der Waals surface area contributed by atoms with Crippen LogP contribution in [0.15, 0.2) is 18.2 Å². The van der Waals surface area contributed by atoms with Crippen LogP contribution in [-0.2, 0) is 4.74 Å². The highest BCUT2D eigenvalue weighted by Gasteiger charge is 2.07. The average Bonchev–Trinajstić information content (AvgIpc) is 2.34. The number of hydrogen-bond acceptors (Lipinski definition) is 3. The van der Waals surface area contributed by atoms with E-state index in [2.05, 4.69) is 51.2 Å². The van der Waals surface area contributed by atoms with E-state index < -0.39 is 0 Å². The molecule has 0 fully saturated rings. The van der Waals surface area contributed by atoms with Gasteiger partial charge in [-0.3, -0.25) is 0 Å². The van der Waals surface area contributed by atoms with Gasteiger partial charge >= 0.3 is 0 Å². The lowest BCUT2D eigenvalue weighted by Gasteiger charge is -2.17. The van der Waals surface area contributed by atoms with Crippen molar-refractivity contribution in [1.82, 2.24) is 5.32 Å². The predicted molar refractivity (Wildman–Crippen MR) is 80.1 cm³/mol. The molecule has 0 aromatic heterocycles. The maximum absolute atomic E-state index is 5.91. The fourth-order valence-electron chi connectivity index (χ4n) is 2.12. The molecule has 3 heteroatoms. The summed E-state index contributed by atoms with van der Waals surface area (Å²) in [5.41, 5.74) is 2.69. The normalized spacial score (nSPS) is 12.7. The van der Waals surface area contributed by atoms with E-state index in [0.717, 1.165) is 25.4 Å². The van der Waals surface area contributed by atoms with E-state index >= 15 is 0 Å². The van der Waals surface area contributed by atoms with Gasteiger partial charge in [0.2, 0.25) is 0 Å². The second kappa shape index (κ2) is 8.18. The Balaban J connectivity index is 2.46. The van der Waals surface area contributed by atoms with Gasteiger partial charge in [-0.15, -0.1) is 0 Å². The molecule has 19 heavy (non-hydrogen) atoms. The van der Waals surface area contributed by atoms with E-state index in [1.54, 1.807) is 7.11 Å². The van der Waals surface area contributed by atoms with Gasteiger partial charge in [0, 0.05) is 20.2 Å².